The lowest BCUT2D eigenvalue weighted by Crippen LogP contribution is -2.17. The van der Waals surface area contributed by atoms with Gasteiger partial charge in [-0.05, 0) is 36.6 Å². The number of aryl methyl sites for hydroxylation is 2. The van der Waals surface area contributed by atoms with E-state index in [-0.39, 0.29) is 5.91 Å². The lowest BCUT2D eigenvalue weighted by atomic mass is 10.1. The first-order valence-electron chi connectivity index (χ1n) is 7.38. The minimum Gasteiger partial charge on any atom is -0.384 e. The van der Waals surface area contributed by atoms with Crippen LogP contribution in [0.15, 0.2) is 48.5 Å². The standard InChI is InChI=1S/C18H22N2O/c1-3-15-9-5-7-11-17(15)20-18(21)12-13-19-16-10-6-4-8-14(16)2/h4-11,19H,3,12-13H2,1-2H3,(H,20,21). The molecule has 2 N–H and O–H groups in total. The summed E-state index contributed by atoms with van der Waals surface area (Å²) in [7, 11) is 0. The predicted molar refractivity (Wildman–Crippen MR) is 88.7 cm³/mol. The zero-order chi connectivity index (χ0) is 15.1. The molecule has 0 atom stereocenters. The molecule has 1 amide bonds. The molecule has 0 unspecified atom stereocenters. The number of benzene rings is 2. The lowest BCUT2D eigenvalue weighted by molar-refractivity contribution is -0.115. The van der Waals surface area contributed by atoms with Gasteiger partial charge in [-0.25, -0.2) is 0 Å². The maximum Gasteiger partial charge on any atom is 0.226 e. The zero-order valence-electron chi connectivity index (χ0n) is 12.6. The van der Waals surface area contributed by atoms with Gasteiger partial charge in [-0.15, -0.1) is 0 Å². The number of carbonyl (C=O) groups excluding carboxylic acids is 1. The Labute approximate surface area is 126 Å². The van der Waals surface area contributed by atoms with Gasteiger partial charge in [0, 0.05) is 24.3 Å². The first-order valence-corrected chi connectivity index (χ1v) is 7.38. The minimum atomic E-state index is 0.0389. The van der Waals surface area contributed by atoms with Crippen molar-refractivity contribution in [3.05, 3.63) is 59.7 Å². The second-order valence-corrected chi connectivity index (χ2v) is 5.05. The molecular formula is C18H22N2O. The van der Waals surface area contributed by atoms with Crippen LogP contribution in [-0.2, 0) is 11.2 Å². The van der Waals surface area contributed by atoms with Crippen LogP contribution in [0.2, 0.25) is 0 Å². The van der Waals surface area contributed by atoms with Crippen LogP contribution < -0.4 is 10.6 Å². The number of nitrogens with one attached hydrogen (secondary N) is 2. The summed E-state index contributed by atoms with van der Waals surface area (Å²) in [5, 5.41) is 6.28. The molecule has 0 bridgehead atoms. The predicted octanol–water partition coefficient (Wildman–Crippen LogP) is 4.00. The molecule has 0 aliphatic rings. The fourth-order valence-corrected chi connectivity index (χ4v) is 2.25. The minimum absolute atomic E-state index is 0.0389. The first-order chi connectivity index (χ1) is 10.2. The van der Waals surface area contributed by atoms with E-state index >= 15 is 0 Å². The van der Waals surface area contributed by atoms with Crippen LogP contribution in [0, 0.1) is 6.92 Å². The highest BCUT2D eigenvalue weighted by Crippen LogP contribution is 2.16. The Balaban J connectivity index is 1.84. The maximum absolute atomic E-state index is 12.0. The van der Waals surface area contributed by atoms with Crippen molar-refractivity contribution < 1.29 is 4.79 Å². The van der Waals surface area contributed by atoms with Gasteiger partial charge in [0.25, 0.3) is 0 Å². The summed E-state index contributed by atoms with van der Waals surface area (Å²) in [5.74, 6) is 0.0389. The van der Waals surface area contributed by atoms with Crippen molar-refractivity contribution in [2.24, 2.45) is 0 Å². The van der Waals surface area contributed by atoms with Gasteiger partial charge in [0.2, 0.25) is 5.91 Å². The third-order valence-corrected chi connectivity index (χ3v) is 3.48. The van der Waals surface area contributed by atoms with E-state index < -0.39 is 0 Å². The monoisotopic (exact) mass is 282 g/mol. The van der Waals surface area contributed by atoms with Gasteiger partial charge >= 0.3 is 0 Å². The number of hydrogen-bond donors (Lipinski definition) is 2. The smallest absolute Gasteiger partial charge is 0.226 e. The van der Waals surface area contributed by atoms with Crippen LogP contribution in [-0.4, -0.2) is 12.5 Å². The molecule has 0 radical (unpaired) electrons. The van der Waals surface area contributed by atoms with Crippen molar-refractivity contribution in [2.45, 2.75) is 26.7 Å². The van der Waals surface area contributed by atoms with E-state index in [1.54, 1.807) is 0 Å². The summed E-state index contributed by atoms with van der Waals surface area (Å²) in [6, 6.07) is 16.0. The third-order valence-electron chi connectivity index (χ3n) is 3.48. The highest BCUT2D eigenvalue weighted by molar-refractivity contribution is 5.91. The van der Waals surface area contributed by atoms with Crippen LogP contribution in [0.1, 0.15) is 24.5 Å². The van der Waals surface area contributed by atoms with Gasteiger partial charge in [-0.2, -0.15) is 0 Å². The van der Waals surface area contributed by atoms with Crippen LogP contribution in [0.4, 0.5) is 11.4 Å². The SMILES string of the molecule is CCc1ccccc1NC(=O)CCNc1ccccc1C. The van der Waals surface area contributed by atoms with Crippen molar-refractivity contribution in [1.29, 1.82) is 0 Å². The molecule has 2 rings (SSSR count). The molecule has 0 saturated carbocycles. The van der Waals surface area contributed by atoms with Gasteiger partial charge < -0.3 is 10.6 Å². The second-order valence-electron chi connectivity index (χ2n) is 5.05. The van der Waals surface area contributed by atoms with Crippen LogP contribution in [0.5, 0.6) is 0 Å². The number of amides is 1. The molecule has 0 heterocycles. The highest BCUT2D eigenvalue weighted by Gasteiger charge is 2.05. The van der Waals surface area contributed by atoms with Crippen LogP contribution in [0.25, 0.3) is 0 Å². The van der Waals surface area contributed by atoms with Gasteiger partial charge in [-0.1, -0.05) is 43.3 Å². The summed E-state index contributed by atoms with van der Waals surface area (Å²) in [6.07, 6.45) is 1.37. The molecule has 0 fully saturated rings. The molecular weight excluding hydrogens is 260 g/mol. The zero-order valence-corrected chi connectivity index (χ0v) is 12.6. The summed E-state index contributed by atoms with van der Waals surface area (Å²) < 4.78 is 0. The molecule has 2 aromatic carbocycles. The fourth-order valence-electron chi connectivity index (χ4n) is 2.25. The molecule has 0 aliphatic carbocycles. The van der Waals surface area contributed by atoms with Crippen molar-refractivity contribution >= 4 is 17.3 Å². The Hall–Kier alpha value is -2.29. The molecule has 0 spiro atoms. The number of carbonyl (C=O) groups is 1. The summed E-state index contributed by atoms with van der Waals surface area (Å²) in [4.78, 5) is 12.0. The lowest BCUT2D eigenvalue weighted by Gasteiger charge is -2.11. The molecule has 2 aromatic rings. The highest BCUT2D eigenvalue weighted by atomic mass is 16.1. The van der Waals surface area contributed by atoms with Gasteiger partial charge in [0.05, 0.1) is 0 Å². The van der Waals surface area contributed by atoms with Crippen LogP contribution >= 0.6 is 0 Å². The van der Waals surface area contributed by atoms with Gasteiger partial charge in [0.15, 0.2) is 0 Å². The van der Waals surface area contributed by atoms with Crippen molar-refractivity contribution in [3.63, 3.8) is 0 Å². The first kappa shape index (κ1) is 15.1. The summed E-state index contributed by atoms with van der Waals surface area (Å²) >= 11 is 0. The van der Waals surface area contributed by atoms with Crippen molar-refractivity contribution in [2.75, 3.05) is 17.2 Å². The Bertz CT molecular complexity index is 608. The average Bonchev–Trinajstić information content (AvgIpc) is 2.50. The molecule has 0 aromatic heterocycles. The fraction of sp³-hybridized carbons (Fsp3) is 0.278. The van der Waals surface area contributed by atoms with E-state index in [0.29, 0.717) is 13.0 Å². The van der Waals surface area contributed by atoms with Gasteiger partial charge in [-0.3, -0.25) is 4.79 Å². The Morgan fingerprint density at radius 2 is 1.67 bits per heavy atom. The number of rotatable bonds is 6. The van der Waals surface area contributed by atoms with E-state index in [4.69, 9.17) is 0 Å². The van der Waals surface area contributed by atoms with Gasteiger partial charge in [0.1, 0.15) is 0 Å². The van der Waals surface area contributed by atoms with E-state index in [0.717, 1.165) is 23.4 Å². The molecule has 0 aliphatic heterocycles. The Morgan fingerprint density at radius 1 is 1.00 bits per heavy atom. The largest absolute Gasteiger partial charge is 0.384 e. The summed E-state index contributed by atoms with van der Waals surface area (Å²) in [6.45, 7) is 4.77. The van der Waals surface area contributed by atoms with E-state index in [1.807, 2.05) is 42.5 Å². The Morgan fingerprint density at radius 3 is 2.38 bits per heavy atom. The Kier molecular flexibility index (Phi) is 5.38. The number of hydrogen-bond acceptors (Lipinski definition) is 2. The van der Waals surface area contributed by atoms with E-state index in [1.165, 1.54) is 5.56 Å². The average molecular weight is 282 g/mol. The number of para-hydroxylation sites is 2. The molecule has 110 valence electrons. The topological polar surface area (TPSA) is 41.1 Å². The van der Waals surface area contributed by atoms with E-state index in [9.17, 15) is 4.79 Å². The normalized spacial score (nSPS) is 10.2. The molecule has 3 heteroatoms. The molecule has 21 heavy (non-hydrogen) atoms. The number of anilines is 2. The third kappa shape index (κ3) is 4.35. The summed E-state index contributed by atoms with van der Waals surface area (Å²) in [5.41, 5.74) is 4.35. The maximum atomic E-state index is 12.0. The van der Waals surface area contributed by atoms with Crippen molar-refractivity contribution in [3.8, 4) is 0 Å². The van der Waals surface area contributed by atoms with Crippen molar-refractivity contribution in [1.82, 2.24) is 0 Å². The van der Waals surface area contributed by atoms with Crippen LogP contribution in [0.3, 0.4) is 0 Å². The van der Waals surface area contributed by atoms with E-state index in [2.05, 4.69) is 30.5 Å². The molecule has 3 nitrogen and oxygen atoms in total. The second kappa shape index (κ2) is 7.48. The quantitative estimate of drug-likeness (QED) is 0.841. The molecule has 0 saturated heterocycles.